The highest BCUT2D eigenvalue weighted by atomic mass is 35.5. The van der Waals surface area contributed by atoms with E-state index in [9.17, 15) is 14.0 Å². The number of rotatable bonds is 4. The summed E-state index contributed by atoms with van der Waals surface area (Å²) in [5, 5.41) is 0.157. The number of hydrogen-bond donors (Lipinski definition) is 0. The van der Waals surface area contributed by atoms with Crippen LogP contribution in [0.4, 0.5) is 4.39 Å². The van der Waals surface area contributed by atoms with Crippen LogP contribution in [0.25, 0.3) is 0 Å². The zero-order chi connectivity index (χ0) is 17.0. The maximum absolute atomic E-state index is 13.6. The summed E-state index contributed by atoms with van der Waals surface area (Å²) in [7, 11) is 0. The van der Waals surface area contributed by atoms with Gasteiger partial charge in [-0.2, -0.15) is 0 Å². The molecule has 0 bridgehead atoms. The highest BCUT2D eigenvalue weighted by Gasteiger charge is 2.26. The predicted molar refractivity (Wildman–Crippen MR) is 82.7 cm³/mol. The van der Waals surface area contributed by atoms with E-state index < -0.39 is 11.8 Å². The van der Waals surface area contributed by atoms with Crippen LogP contribution in [0, 0.1) is 5.82 Å². The summed E-state index contributed by atoms with van der Waals surface area (Å²) in [5.74, 6) is -1.56. The molecule has 1 amide bonds. The number of morpholine rings is 1. The van der Waals surface area contributed by atoms with Gasteiger partial charge in [0.15, 0.2) is 6.61 Å². The zero-order valence-electron chi connectivity index (χ0n) is 13.1. The van der Waals surface area contributed by atoms with E-state index in [0.29, 0.717) is 13.1 Å². The van der Waals surface area contributed by atoms with Crippen LogP contribution in [0.3, 0.4) is 0 Å². The third kappa shape index (κ3) is 4.91. The molecule has 0 saturated carbocycles. The highest BCUT2D eigenvalue weighted by molar-refractivity contribution is 6.31. The second-order valence-corrected chi connectivity index (χ2v) is 6.00. The lowest BCUT2D eigenvalue weighted by molar-refractivity contribution is -0.156. The van der Waals surface area contributed by atoms with Gasteiger partial charge in [0.05, 0.1) is 18.6 Å². The maximum atomic E-state index is 13.6. The van der Waals surface area contributed by atoms with E-state index in [1.165, 1.54) is 18.2 Å². The third-order valence-corrected chi connectivity index (χ3v) is 3.87. The van der Waals surface area contributed by atoms with Crippen molar-refractivity contribution in [2.24, 2.45) is 0 Å². The van der Waals surface area contributed by atoms with Gasteiger partial charge in [0.25, 0.3) is 5.91 Å². The van der Waals surface area contributed by atoms with Gasteiger partial charge in [-0.05, 0) is 26.0 Å². The molecule has 5 nitrogen and oxygen atoms in total. The van der Waals surface area contributed by atoms with Gasteiger partial charge in [-0.15, -0.1) is 0 Å². The molecule has 2 atom stereocenters. The van der Waals surface area contributed by atoms with Crippen molar-refractivity contribution in [2.45, 2.75) is 32.5 Å². The largest absolute Gasteiger partial charge is 0.455 e. The van der Waals surface area contributed by atoms with Gasteiger partial charge < -0.3 is 14.4 Å². The maximum Gasteiger partial charge on any atom is 0.310 e. The standard InChI is InChI=1S/C16H19ClFNO4/c1-10-7-19(8-11(2)23-10)15(20)9-22-16(21)6-12-13(17)4-3-5-14(12)18/h3-5,10-11H,6-9H2,1-2H3/t10-,11-/m1/s1. The summed E-state index contributed by atoms with van der Waals surface area (Å²) in [6.45, 7) is 4.30. The number of ether oxygens (including phenoxy) is 2. The van der Waals surface area contributed by atoms with Crippen molar-refractivity contribution in [2.75, 3.05) is 19.7 Å². The molecule has 1 aliphatic heterocycles. The van der Waals surface area contributed by atoms with Gasteiger partial charge in [0.2, 0.25) is 0 Å². The first-order valence-corrected chi connectivity index (χ1v) is 7.76. The SMILES string of the molecule is C[C@@H]1CN(C(=O)COC(=O)Cc2c(F)cccc2Cl)C[C@@H](C)O1. The average molecular weight is 344 g/mol. The van der Waals surface area contributed by atoms with Crippen LogP contribution in [0.15, 0.2) is 18.2 Å². The van der Waals surface area contributed by atoms with E-state index in [0.717, 1.165) is 0 Å². The molecule has 1 aromatic rings. The van der Waals surface area contributed by atoms with E-state index in [2.05, 4.69) is 0 Å². The minimum atomic E-state index is -0.695. The fraction of sp³-hybridized carbons (Fsp3) is 0.500. The Morgan fingerprint density at radius 1 is 1.35 bits per heavy atom. The summed E-state index contributed by atoms with van der Waals surface area (Å²) in [5.41, 5.74) is 0.0697. The summed E-state index contributed by atoms with van der Waals surface area (Å²) in [6, 6.07) is 4.17. The van der Waals surface area contributed by atoms with Crippen molar-refractivity contribution in [3.8, 4) is 0 Å². The minimum Gasteiger partial charge on any atom is -0.455 e. The molecular weight excluding hydrogens is 325 g/mol. The van der Waals surface area contributed by atoms with Crippen molar-refractivity contribution in [3.63, 3.8) is 0 Å². The van der Waals surface area contributed by atoms with Crippen molar-refractivity contribution in [1.82, 2.24) is 4.90 Å². The molecule has 7 heteroatoms. The number of nitrogens with zero attached hydrogens (tertiary/aromatic N) is 1. The zero-order valence-corrected chi connectivity index (χ0v) is 13.8. The predicted octanol–water partition coefficient (Wildman–Crippen LogP) is 2.20. The third-order valence-electron chi connectivity index (χ3n) is 3.51. The molecule has 0 aliphatic carbocycles. The molecule has 1 saturated heterocycles. The quantitative estimate of drug-likeness (QED) is 0.786. The first kappa shape index (κ1) is 17.7. The van der Waals surface area contributed by atoms with E-state index in [4.69, 9.17) is 21.1 Å². The van der Waals surface area contributed by atoms with Gasteiger partial charge in [-0.25, -0.2) is 4.39 Å². The smallest absolute Gasteiger partial charge is 0.310 e. The Hall–Kier alpha value is -1.66. The monoisotopic (exact) mass is 343 g/mol. The van der Waals surface area contributed by atoms with Crippen molar-refractivity contribution < 1.29 is 23.5 Å². The molecular formula is C16H19ClFNO4. The van der Waals surface area contributed by atoms with Crippen LogP contribution < -0.4 is 0 Å². The van der Waals surface area contributed by atoms with Crippen molar-refractivity contribution in [1.29, 1.82) is 0 Å². The Bertz CT molecular complexity index is 565. The number of esters is 1. The number of amides is 1. The first-order valence-electron chi connectivity index (χ1n) is 7.38. The molecule has 23 heavy (non-hydrogen) atoms. The first-order chi connectivity index (χ1) is 10.9. The molecule has 1 fully saturated rings. The fourth-order valence-corrected chi connectivity index (χ4v) is 2.74. The number of carbonyl (C=O) groups excluding carboxylic acids is 2. The lowest BCUT2D eigenvalue weighted by Crippen LogP contribution is -2.49. The van der Waals surface area contributed by atoms with Crippen LogP contribution >= 0.6 is 11.6 Å². The van der Waals surface area contributed by atoms with Crippen molar-refractivity contribution in [3.05, 3.63) is 34.6 Å². The van der Waals surface area contributed by atoms with Gasteiger partial charge in [0.1, 0.15) is 5.82 Å². The van der Waals surface area contributed by atoms with Gasteiger partial charge in [0, 0.05) is 23.7 Å². The number of halogens is 2. The summed E-state index contributed by atoms with van der Waals surface area (Å²) < 4.78 is 24.1. The van der Waals surface area contributed by atoms with E-state index in [1.54, 1.807) is 4.90 Å². The Morgan fingerprint density at radius 2 is 2.00 bits per heavy atom. The topological polar surface area (TPSA) is 55.8 Å². The summed E-state index contributed by atoms with van der Waals surface area (Å²) >= 11 is 5.85. The Kier molecular flexibility index (Phi) is 5.96. The molecule has 126 valence electrons. The second kappa shape index (κ2) is 7.75. The van der Waals surface area contributed by atoms with Crippen LogP contribution in [-0.2, 0) is 25.5 Å². The van der Waals surface area contributed by atoms with Crippen molar-refractivity contribution >= 4 is 23.5 Å². The molecule has 0 unspecified atom stereocenters. The molecule has 1 aromatic carbocycles. The fourth-order valence-electron chi connectivity index (χ4n) is 2.51. The molecule has 0 N–H and O–H groups in total. The normalized spacial score (nSPS) is 21.1. The summed E-state index contributed by atoms with van der Waals surface area (Å²) in [4.78, 5) is 25.5. The molecule has 2 rings (SSSR count). The van der Waals surface area contributed by atoms with Crippen LogP contribution in [0.2, 0.25) is 5.02 Å². The highest BCUT2D eigenvalue weighted by Crippen LogP contribution is 2.19. The van der Waals surface area contributed by atoms with Crippen LogP contribution in [0.1, 0.15) is 19.4 Å². The Morgan fingerprint density at radius 3 is 2.61 bits per heavy atom. The molecule has 1 heterocycles. The van der Waals surface area contributed by atoms with E-state index >= 15 is 0 Å². The average Bonchev–Trinajstić information content (AvgIpc) is 2.47. The molecule has 0 aromatic heterocycles. The van der Waals surface area contributed by atoms with Crippen LogP contribution in [-0.4, -0.2) is 48.7 Å². The van der Waals surface area contributed by atoms with E-state index in [1.807, 2.05) is 13.8 Å². The van der Waals surface area contributed by atoms with Gasteiger partial charge in [-0.3, -0.25) is 9.59 Å². The molecule has 0 radical (unpaired) electrons. The van der Waals surface area contributed by atoms with Gasteiger partial charge >= 0.3 is 5.97 Å². The number of carbonyl (C=O) groups is 2. The van der Waals surface area contributed by atoms with Gasteiger partial charge in [-0.1, -0.05) is 17.7 Å². The van der Waals surface area contributed by atoms with Crippen LogP contribution in [0.5, 0.6) is 0 Å². The number of benzene rings is 1. The minimum absolute atomic E-state index is 0.0596. The number of hydrogen-bond acceptors (Lipinski definition) is 4. The molecule has 1 aliphatic rings. The lowest BCUT2D eigenvalue weighted by atomic mass is 10.1. The lowest BCUT2D eigenvalue weighted by Gasteiger charge is -2.35. The Labute approximate surface area is 139 Å². The van der Waals surface area contributed by atoms with E-state index in [-0.39, 0.29) is 41.7 Å². The Balaban J connectivity index is 1.85. The molecule has 0 spiro atoms. The summed E-state index contributed by atoms with van der Waals surface area (Å²) in [6.07, 6.45) is -0.430. The second-order valence-electron chi connectivity index (χ2n) is 5.59.